The SMILES string of the molecule is C#COC(C)N(CC)CC. The molecule has 0 rings (SSSR count). The van der Waals surface area contributed by atoms with Gasteiger partial charge in [-0.1, -0.05) is 20.3 Å². The molecule has 0 heterocycles. The molecule has 0 aliphatic heterocycles. The zero-order chi connectivity index (χ0) is 7.98. The highest BCUT2D eigenvalue weighted by Gasteiger charge is 2.08. The van der Waals surface area contributed by atoms with Crippen molar-refractivity contribution >= 4 is 0 Å². The molecule has 0 N–H and O–H groups in total. The maximum Gasteiger partial charge on any atom is 0.161 e. The molecule has 0 aromatic heterocycles. The lowest BCUT2D eigenvalue weighted by Crippen LogP contribution is -2.33. The van der Waals surface area contributed by atoms with E-state index < -0.39 is 0 Å². The van der Waals surface area contributed by atoms with E-state index in [1.165, 1.54) is 0 Å². The van der Waals surface area contributed by atoms with E-state index in [9.17, 15) is 0 Å². The Bertz CT molecular complexity index is 113. The van der Waals surface area contributed by atoms with Crippen LogP contribution in [0.2, 0.25) is 0 Å². The van der Waals surface area contributed by atoms with E-state index in [4.69, 9.17) is 11.2 Å². The van der Waals surface area contributed by atoms with E-state index in [-0.39, 0.29) is 6.23 Å². The second-order valence-corrected chi connectivity index (χ2v) is 2.06. The van der Waals surface area contributed by atoms with Gasteiger partial charge in [0.2, 0.25) is 0 Å². The molecule has 0 bridgehead atoms. The molecule has 2 heteroatoms. The highest BCUT2D eigenvalue weighted by Crippen LogP contribution is 1.97. The number of ether oxygens (including phenoxy) is 1. The minimum absolute atomic E-state index is 0.0417. The van der Waals surface area contributed by atoms with Crippen molar-refractivity contribution < 1.29 is 4.74 Å². The third-order valence-electron chi connectivity index (χ3n) is 1.57. The number of hydrogen-bond donors (Lipinski definition) is 0. The van der Waals surface area contributed by atoms with E-state index >= 15 is 0 Å². The van der Waals surface area contributed by atoms with Crippen LogP contribution in [-0.4, -0.2) is 24.2 Å². The third-order valence-corrected chi connectivity index (χ3v) is 1.57. The topological polar surface area (TPSA) is 12.5 Å². The number of terminal acetylenes is 1. The van der Waals surface area contributed by atoms with Crippen LogP contribution < -0.4 is 0 Å². The maximum atomic E-state index is 4.98. The summed E-state index contributed by atoms with van der Waals surface area (Å²) in [4.78, 5) is 2.14. The molecule has 0 saturated heterocycles. The van der Waals surface area contributed by atoms with Gasteiger partial charge in [-0.3, -0.25) is 4.90 Å². The molecular weight excluding hydrogens is 126 g/mol. The van der Waals surface area contributed by atoms with Crippen molar-refractivity contribution in [1.29, 1.82) is 0 Å². The standard InChI is InChI=1S/C8H15NO/c1-5-9(6-2)8(4)10-7-3/h3,8H,5-6H2,1-2,4H3. The van der Waals surface area contributed by atoms with Crippen molar-refractivity contribution in [2.45, 2.75) is 27.0 Å². The Morgan fingerprint density at radius 1 is 1.50 bits per heavy atom. The van der Waals surface area contributed by atoms with Gasteiger partial charge < -0.3 is 4.74 Å². The van der Waals surface area contributed by atoms with Gasteiger partial charge in [-0.25, -0.2) is 0 Å². The molecule has 0 aliphatic rings. The Balaban J connectivity index is 3.66. The normalized spacial score (nSPS) is 12.7. The number of rotatable bonds is 4. The molecule has 0 aromatic carbocycles. The molecule has 0 radical (unpaired) electrons. The van der Waals surface area contributed by atoms with Gasteiger partial charge in [0.05, 0.1) is 0 Å². The van der Waals surface area contributed by atoms with Crippen molar-refractivity contribution in [3.8, 4) is 12.5 Å². The minimum Gasteiger partial charge on any atom is -0.428 e. The lowest BCUT2D eigenvalue weighted by Gasteiger charge is -2.23. The fourth-order valence-corrected chi connectivity index (χ4v) is 0.911. The predicted molar refractivity (Wildman–Crippen MR) is 42.3 cm³/mol. The first-order chi connectivity index (χ1) is 4.76. The number of hydrogen-bond acceptors (Lipinski definition) is 2. The molecule has 1 atom stereocenters. The van der Waals surface area contributed by atoms with Crippen LogP contribution in [0.5, 0.6) is 0 Å². The maximum absolute atomic E-state index is 4.98. The highest BCUT2D eigenvalue weighted by molar-refractivity contribution is 4.71. The molecule has 0 saturated carbocycles. The zero-order valence-corrected chi connectivity index (χ0v) is 6.92. The van der Waals surface area contributed by atoms with E-state index in [0.717, 1.165) is 13.1 Å². The quantitative estimate of drug-likeness (QED) is 0.432. The highest BCUT2D eigenvalue weighted by atomic mass is 16.5. The Hall–Kier alpha value is -0.680. The monoisotopic (exact) mass is 141 g/mol. The van der Waals surface area contributed by atoms with Gasteiger partial charge in [-0.15, -0.1) is 0 Å². The van der Waals surface area contributed by atoms with E-state index in [0.29, 0.717) is 0 Å². The van der Waals surface area contributed by atoms with Crippen molar-refractivity contribution in [3.05, 3.63) is 0 Å². The van der Waals surface area contributed by atoms with Crippen LogP contribution in [0.15, 0.2) is 0 Å². The largest absolute Gasteiger partial charge is 0.428 e. The molecule has 58 valence electrons. The summed E-state index contributed by atoms with van der Waals surface area (Å²) in [6, 6.07) is 0. The fraction of sp³-hybridized carbons (Fsp3) is 0.750. The minimum atomic E-state index is 0.0417. The van der Waals surface area contributed by atoms with Crippen LogP contribution in [0.3, 0.4) is 0 Å². The van der Waals surface area contributed by atoms with Crippen molar-refractivity contribution in [3.63, 3.8) is 0 Å². The van der Waals surface area contributed by atoms with Gasteiger partial charge in [-0.2, -0.15) is 0 Å². The Morgan fingerprint density at radius 3 is 2.30 bits per heavy atom. The van der Waals surface area contributed by atoms with E-state index in [2.05, 4.69) is 24.9 Å². The lowest BCUT2D eigenvalue weighted by molar-refractivity contribution is 0.0253. The molecule has 1 unspecified atom stereocenters. The third kappa shape index (κ3) is 2.75. The average Bonchev–Trinajstić information content (AvgIpc) is 1.91. The first-order valence-corrected chi connectivity index (χ1v) is 3.61. The first-order valence-electron chi connectivity index (χ1n) is 3.61. The van der Waals surface area contributed by atoms with Crippen molar-refractivity contribution in [2.24, 2.45) is 0 Å². The molecule has 0 aromatic rings. The van der Waals surface area contributed by atoms with Crippen LogP contribution in [-0.2, 0) is 4.74 Å². The number of nitrogens with zero attached hydrogens (tertiary/aromatic N) is 1. The summed E-state index contributed by atoms with van der Waals surface area (Å²) in [6.07, 6.45) is 7.19. The summed E-state index contributed by atoms with van der Waals surface area (Å²) in [7, 11) is 0. The average molecular weight is 141 g/mol. The summed E-state index contributed by atoms with van der Waals surface area (Å²) in [6.45, 7) is 8.06. The molecule has 10 heavy (non-hydrogen) atoms. The summed E-state index contributed by atoms with van der Waals surface area (Å²) in [5, 5.41) is 0. The second-order valence-electron chi connectivity index (χ2n) is 2.06. The molecule has 0 fully saturated rings. The Morgan fingerprint density at radius 2 is 2.00 bits per heavy atom. The molecule has 0 aliphatic carbocycles. The van der Waals surface area contributed by atoms with Crippen LogP contribution in [0.1, 0.15) is 20.8 Å². The van der Waals surface area contributed by atoms with Crippen LogP contribution >= 0.6 is 0 Å². The zero-order valence-electron chi connectivity index (χ0n) is 6.92. The van der Waals surface area contributed by atoms with Crippen LogP contribution in [0.4, 0.5) is 0 Å². The Labute approximate surface area is 63.2 Å². The Kier molecular flexibility index (Phi) is 4.78. The van der Waals surface area contributed by atoms with Gasteiger partial charge in [0.25, 0.3) is 0 Å². The van der Waals surface area contributed by atoms with Crippen LogP contribution in [0, 0.1) is 12.5 Å². The van der Waals surface area contributed by atoms with Crippen molar-refractivity contribution in [1.82, 2.24) is 4.90 Å². The molecule has 0 spiro atoms. The predicted octanol–water partition coefficient (Wildman–Crippen LogP) is 1.28. The van der Waals surface area contributed by atoms with Gasteiger partial charge in [0.1, 0.15) is 6.11 Å². The summed E-state index contributed by atoms with van der Waals surface area (Å²) >= 11 is 0. The first kappa shape index (κ1) is 9.32. The molecule has 2 nitrogen and oxygen atoms in total. The van der Waals surface area contributed by atoms with E-state index in [1.807, 2.05) is 6.92 Å². The molecular formula is C8H15NO. The lowest BCUT2D eigenvalue weighted by atomic mass is 10.4. The van der Waals surface area contributed by atoms with Gasteiger partial charge in [0.15, 0.2) is 6.23 Å². The summed E-state index contributed by atoms with van der Waals surface area (Å²) in [5.74, 6) is 0. The van der Waals surface area contributed by atoms with Gasteiger partial charge in [-0.05, 0) is 20.0 Å². The fourth-order valence-electron chi connectivity index (χ4n) is 0.911. The second kappa shape index (κ2) is 5.13. The molecule has 0 amide bonds. The van der Waals surface area contributed by atoms with E-state index in [1.54, 1.807) is 0 Å². The summed E-state index contributed by atoms with van der Waals surface area (Å²) < 4.78 is 4.94. The summed E-state index contributed by atoms with van der Waals surface area (Å²) in [5.41, 5.74) is 0. The van der Waals surface area contributed by atoms with Crippen molar-refractivity contribution in [2.75, 3.05) is 13.1 Å². The van der Waals surface area contributed by atoms with Gasteiger partial charge in [0, 0.05) is 0 Å². The van der Waals surface area contributed by atoms with Gasteiger partial charge >= 0.3 is 0 Å². The van der Waals surface area contributed by atoms with Crippen LogP contribution in [0.25, 0.3) is 0 Å². The smallest absolute Gasteiger partial charge is 0.161 e.